The van der Waals surface area contributed by atoms with E-state index in [9.17, 15) is 4.79 Å². The topological polar surface area (TPSA) is 29.5 Å². The second kappa shape index (κ2) is 5.56. The molecule has 0 spiro atoms. The summed E-state index contributed by atoms with van der Waals surface area (Å²) in [5.74, 6) is 0.909. The van der Waals surface area contributed by atoms with Crippen molar-refractivity contribution >= 4 is 28.6 Å². The van der Waals surface area contributed by atoms with Gasteiger partial charge in [0, 0.05) is 15.4 Å². The minimum atomic E-state index is 0.121. The van der Waals surface area contributed by atoms with Gasteiger partial charge in [-0.1, -0.05) is 30.3 Å². The van der Waals surface area contributed by atoms with Crippen LogP contribution in [0.25, 0.3) is 10.4 Å². The van der Waals surface area contributed by atoms with Gasteiger partial charge in [-0.15, -0.1) is 11.3 Å². The lowest BCUT2D eigenvalue weighted by Gasteiger charge is -2.17. The van der Waals surface area contributed by atoms with Gasteiger partial charge in [-0.05, 0) is 35.9 Å². The SMILES string of the molecule is COc1ccc(N2C(=O)Cc3sc(-c4ccccc4)cc32)cc1. The Morgan fingerprint density at radius 1 is 1.04 bits per heavy atom. The third-order valence-corrected chi connectivity index (χ3v) is 5.15. The molecule has 0 bridgehead atoms. The Kier molecular flexibility index (Phi) is 3.39. The van der Waals surface area contributed by atoms with E-state index < -0.39 is 0 Å². The third kappa shape index (κ3) is 2.41. The standard InChI is InChI=1S/C19H15NO2S/c1-22-15-9-7-14(8-10-15)20-16-11-17(13-5-3-2-4-6-13)23-18(16)12-19(20)21/h2-11H,12H2,1H3. The number of ether oxygens (including phenoxy) is 1. The average molecular weight is 321 g/mol. The molecule has 1 aliphatic rings. The fourth-order valence-corrected chi connectivity index (χ4v) is 3.99. The molecule has 114 valence electrons. The molecule has 1 aliphatic heterocycles. The number of amides is 1. The van der Waals surface area contributed by atoms with E-state index in [0.29, 0.717) is 6.42 Å². The second-order valence-corrected chi connectivity index (χ2v) is 6.53. The zero-order chi connectivity index (χ0) is 15.8. The van der Waals surface area contributed by atoms with Crippen molar-refractivity contribution in [2.45, 2.75) is 6.42 Å². The number of anilines is 2. The minimum Gasteiger partial charge on any atom is -0.497 e. The van der Waals surface area contributed by atoms with Crippen LogP contribution in [0.5, 0.6) is 5.75 Å². The molecule has 1 aromatic heterocycles. The highest BCUT2D eigenvalue weighted by atomic mass is 32.1. The van der Waals surface area contributed by atoms with Crippen LogP contribution in [0.15, 0.2) is 60.7 Å². The minimum absolute atomic E-state index is 0.121. The van der Waals surface area contributed by atoms with Crippen LogP contribution in [-0.4, -0.2) is 13.0 Å². The summed E-state index contributed by atoms with van der Waals surface area (Å²) in [5, 5.41) is 0. The summed E-state index contributed by atoms with van der Waals surface area (Å²) in [5.41, 5.74) is 3.07. The van der Waals surface area contributed by atoms with Gasteiger partial charge in [0.2, 0.25) is 5.91 Å². The van der Waals surface area contributed by atoms with Crippen molar-refractivity contribution in [3.8, 4) is 16.2 Å². The Morgan fingerprint density at radius 3 is 2.48 bits per heavy atom. The van der Waals surface area contributed by atoms with Crippen molar-refractivity contribution in [3.63, 3.8) is 0 Å². The quantitative estimate of drug-likeness (QED) is 0.703. The lowest BCUT2D eigenvalue weighted by Crippen LogP contribution is -2.20. The van der Waals surface area contributed by atoms with Gasteiger partial charge in [-0.3, -0.25) is 9.69 Å². The predicted octanol–water partition coefficient (Wildman–Crippen LogP) is 4.64. The summed E-state index contributed by atoms with van der Waals surface area (Å²) >= 11 is 1.70. The smallest absolute Gasteiger partial charge is 0.236 e. The number of carbonyl (C=O) groups is 1. The van der Waals surface area contributed by atoms with Crippen molar-refractivity contribution in [2.24, 2.45) is 0 Å². The molecule has 3 aromatic rings. The Morgan fingerprint density at radius 2 is 1.78 bits per heavy atom. The molecule has 0 unspecified atom stereocenters. The Hall–Kier alpha value is -2.59. The van der Waals surface area contributed by atoms with Crippen LogP contribution >= 0.6 is 11.3 Å². The first-order chi connectivity index (χ1) is 11.3. The van der Waals surface area contributed by atoms with Gasteiger partial charge in [-0.2, -0.15) is 0 Å². The predicted molar refractivity (Wildman–Crippen MR) is 93.6 cm³/mol. The Labute approximate surface area is 138 Å². The van der Waals surface area contributed by atoms with E-state index in [1.807, 2.05) is 42.5 Å². The van der Waals surface area contributed by atoms with Gasteiger partial charge in [0.1, 0.15) is 5.75 Å². The number of carbonyl (C=O) groups excluding carboxylic acids is 1. The van der Waals surface area contributed by atoms with Crippen LogP contribution < -0.4 is 9.64 Å². The van der Waals surface area contributed by atoms with Crippen LogP contribution in [-0.2, 0) is 11.2 Å². The number of methoxy groups -OCH3 is 1. The van der Waals surface area contributed by atoms with Crippen LogP contribution in [0.3, 0.4) is 0 Å². The third-order valence-electron chi connectivity index (χ3n) is 3.98. The molecule has 4 heteroatoms. The maximum atomic E-state index is 12.4. The highest BCUT2D eigenvalue weighted by molar-refractivity contribution is 7.16. The summed E-state index contributed by atoms with van der Waals surface area (Å²) in [4.78, 5) is 16.5. The molecule has 0 saturated heterocycles. The average Bonchev–Trinajstić information content (AvgIpc) is 3.12. The zero-order valence-electron chi connectivity index (χ0n) is 12.7. The summed E-state index contributed by atoms with van der Waals surface area (Å²) in [7, 11) is 1.64. The maximum Gasteiger partial charge on any atom is 0.236 e. The molecule has 0 fully saturated rings. The molecule has 0 N–H and O–H groups in total. The van der Waals surface area contributed by atoms with E-state index >= 15 is 0 Å². The molecular weight excluding hydrogens is 306 g/mol. The van der Waals surface area contributed by atoms with Gasteiger partial charge < -0.3 is 4.74 Å². The highest BCUT2D eigenvalue weighted by Crippen LogP contribution is 2.44. The van der Waals surface area contributed by atoms with Gasteiger partial charge in [0.25, 0.3) is 0 Å². The lowest BCUT2D eigenvalue weighted by molar-refractivity contribution is -0.116. The van der Waals surface area contributed by atoms with E-state index in [1.54, 1.807) is 23.3 Å². The molecule has 0 radical (unpaired) electrons. The first-order valence-electron chi connectivity index (χ1n) is 7.41. The van der Waals surface area contributed by atoms with Crippen LogP contribution in [0.1, 0.15) is 4.88 Å². The summed E-state index contributed by atoms with van der Waals surface area (Å²) in [6.45, 7) is 0. The number of nitrogens with zero attached hydrogens (tertiary/aromatic N) is 1. The first-order valence-corrected chi connectivity index (χ1v) is 8.23. The normalized spacial score (nSPS) is 13.3. The number of benzene rings is 2. The molecule has 4 rings (SSSR count). The van der Waals surface area contributed by atoms with E-state index in [-0.39, 0.29) is 5.91 Å². The molecule has 23 heavy (non-hydrogen) atoms. The molecule has 0 atom stereocenters. The fourth-order valence-electron chi connectivity index (χ4n) is 2.84. The van der Waals surface area contributed by atoms with Gasteiger partial charge in [-0.25, -0.2) is 0 Å². The maximum absolute atomic E-state index is 12.4. The molecular formula is C19H15NO2S. The summed E-state index contributed by atoms with van der Waals surface area (Å²) in [6.07, 6.45) is 0.471. The molecule has 0 saturated carbocycles. The number of hydrogen-bond acceptors (Lipinski definition) is 3. The van der Waals surface area contributed by atoms with Crippen molar-refractivity contribution in [1.29, 1.82) is 0 Å². The van der Waals surface area contributed by atoms with Crippen LogP contribution in [0.4, 0.5) is 11.4 Å². The lowest BCUT2D eigenvalue weighted by atomic mass is 10.2. The number of rotatable bonds is 3. The highest BCUT2D eigenvalue weighted by Gasteiger charge is 2.31. The second-order valence-electron chi connectivity index (χ2n) is 5.39. The number of thiophene rings is 1. The Bertz CT molecular complexity index is 853. The number of fused-ring (bicyclic) bond motifs is 1. The first kappa shape index (κ1) is 14.0. The van der Waals surface area contributed by atoms with Gasteiger partial charge in [0.05, 0.1) is 19.2 Å². The van der Waals surface area contributed by atoms with E-state index in [4.69, 9.17) is 4.74 Å². The molecule has 2 heterocycles. The molecule has 2 aromatic carbocycles. The van der Waals surface area contributed by atoms with Crippen molar-refractivity contribution in [1.82, 2.24) is 0 Å². The van der Waals surface area contributed by atoms with E-state index in [2.05, 4.69) is 18.2 Å². The zero-order valence-corrected chi connectivity index (χ0v) is 13.5. The van der Waals surface area contributed by atoms with Crippen LogP contribution in [0, 0.1) is 0 Å². The summed E-state index contributed by atoms with van der Waals surface area (Å²) < 4.78 is 5.19. The summed E-state index contributed by atoms with van der Waals surface area (Å²) in [6, 6.07) is 20.0. The number of hydrogen-bond donors (Lipinski definition) is 0. The molecule has 1 amide bonds. The van der Waals surface area contributed by atoms with Crippen molar-refractivity contribution < 1.29 is 9.53 Å². The van der Waals surface area contributed by atoms with Gasteiger partial charge >= 0.3 is 0 Å². The van der Waals surface area contributed by atoms with Gasteiger partial charge in [0.15, 0.2) is 0 Å². The van der Waals surface area contributed by atoms with E-state index in [1.165, 1.54) is 10.4 Å². The molecule has 0 aliphatic carbocycles. The van der Waals surface area contributed by atoms with E-state index in [0.717, 1.165) is 22.0 Å². The Balaban J connectivity index is 1.73. The van der Waals surface area contributed by atoms with Crippen LogP contribution in [0.2, 0.25) is 0 Å². The largest absolute Gasteiger partial charge is 0.497 e. The van der Waals surface area contributed by atoms with Crippen molar-refractivity contribution in [2.75, 3.05) is 12.0 Å². The fraction of sp³-hybridized carbons (Fsp3) is 0.105. The molecule has 3 nitrogen and oxygen atoms in total. The van der Waals surface area contributed by atoms with Crippen molar-refractivity contribution in [3.05, 3.63) is 65.5 Å². The monoisotopic (exact) mass is 321 g/mol.